The second kappa shape index (κ2) is 5.85. The van der Waals surface area contributed by atoms with Gasteiger partial charge in [0.15, 0.2) is 5.78 Å². The third kappa shape index (κ3) is 3.32. The van der Waals surface area contributed by atoms with Crippen molar-refractivity contribution in [1.29, 1.82) is 0 Å². The van der Waals surface area contributed by atoms with Crippen LogP contribution in [-0.4, -0.2) is 23.3 Å². The van der Waals surface area contributed by atoms with Crippen LogP contribution in [-0.2, 0) is 6.54 Å². The van der Waals surface area contributed by atoms with Crippen molar-refractivity contribution in [2.45, 2.75) is 25.4 Å². The minimum Gasteiger partial charge on any atom is -0.293 e. The molecule has 0 atom stereocenters. The van der Waals surface area contributed by atoms with Crippen molar-refractivity contribution in [3.8, 4) is 0 Å². The Labute approximate surface area is 121 Å². The molecular formula is C16H16FNOS. The summed E-state index contributed by atoms with van der Waals surface area (Å²) in [5, 5.41) is 2.06. The number of nitrogens with zero attached hydrogens (tertiary/aromatic N) is 1. The van der Waals surface area contributed by atoms with Crippen LogP contribution in [0.4, 0.5) is 4.39 Å². The van der Waals surface area contributed by atoms with Crippen LogP contribution in [0.25, 0.3) is 0 Å². The van der Waals surface area contributed by atoms with Crippen LogP contribution < -0.4 is 0 Å². The van der Waals surface area contributed by atoms with Crippen molar-refractivity contribution in [3.63, 3.8) is 0 Å². The Morgan fingerprint density at radius 1 is 1.25 bits per heavy atom. The van der Waals surface area contributed by atoms with Gasteiger partial charge in [0.2, 0.25) is 0 Å². The first-order valence-corrected chi connectivity index (χ1v) is 7.65. The van der Waals surface area contributed by atoms with E-state index in [4.69, 9.17) is 0 Å². The van der Waals surface area contributed by atoms with E-state index in [-0.39, 0.29) is 11.6 Å². The molecule has 0 unspecified atom stereocenters. The number of Topliss-reactive ketones (excluding diaryl/α,β-unsaturated/α-hetero) is 1. The van der Waals surface area contributed by atoms with Gasteiger partial charge >= 0.3 is 0 Å². The van der Waals surface area contributed by atoms with Crippen LogP contribution in [0.15, 0.2) is 41.8 Å². The number of ketones is 1. The van der Waals surface area contributed by atoms with Crippen molar-refractivity contribution >= 4 is 17.1 Å². The molecular weight excluding hydrogens is 273 g/mol. The molecule has 20 heavy (non-hydrogen) atoms. The zero-order valence-corrected chi connectivity index (χ0v) is 11.9. The third-order valence-electron chi connectivity index (χ3n) is 3.52. The summed E-state index contributed by atoms with van der Waals surface area (Å²) in [6.45, 7) is 1.24. The molecule has 104 valence electrons. The first kappa shape index (κ1) is 13.5. The number of halogens is 1. The van der Waals surface area contributed by atoms with Gasteiger partial charge in [-0.2, -0.15) is 0 Å². The molecule has 1 aromatic carbocycles. The highest BCUT2D eigenvalue weighted by molar-refractivity contribution is 7.09. The largest absolute Gasteiger partial charge is 0.293 e. The summed E-state index contributed by atoms with van der Waals surface area (Å²) < 4.78 is 12.9. The monoisotopic (exact) mass is 289 g/mol. The SMILES string of the molecule is O=C(CN(Cc1cccs1)C1CC1)c1ccc(F)cc1. The molecule has 0 amide bonds. The molecule has 3 rings (SSSR count). The molecule has 1 saturated carbocycles. The van der Waals surface area contributed by atoms with Gasteiger partial charge < -0.3 is 0 Å². The zero-order valence-electron chi connectivity index (χ0n) is 11.1. The fourth-order valence-electron chi connectivity index (χ4n) is 2.27. The van der Waals surface area contributed by atoms with Crippen molar-refractivity contribution < 1.29 is 9.18 Å². The van der Waals surface area contributed by atoms with Crippen LogP contribution in [0.3, 0.4) is 0 Å². The number of benzene rings is 1. The van der Waals surface area contributed by atoms with E-state index in [9.17, 15) is 9.18 Å². The molecule has 1 aliphatic carbocycles. The van der Waals surface area contributed by atoms with Crippen molar-refractivity contribution in [2.75, 3.05) is 6.54 Å². The smallest absolute Gasteiger partial charge is 0.176 e. The standard InChI is InChI=1S/C16H16FNOS/c17-13-5-3-12(4-6-13)16(19)11-18(14-7-8-14)10-15-2-1-9-20-15/h1-6,9,14H,7-8,10-11H2. The second-order valence-corrected chi connectivity index (χ2v) is 6.18. The van der Waals surface area contributed by atoms with Gasteiger partial charge in [-0.15, -0.1) is 11.3 Å². The van der Waals surface area contributed by atoms with Gasteiger partial charge in [-0.3, -0.25) is 9.69 Å². The van der Waals surface area contributed by atoms with E-state index in [0.29, 0.717) is 18.2 Å². The van der Waals surface area contributed by atoms with Gasteiger partial charge in [-0.25, -0.2) is 4.39 Å². The van der Waals surface area contributed by atoms with Crippen molar-refractivity contribution in [1.82, 2.24) is 4.90 Å². The molecule has 0 aliphatic heterocycles. The second-order valence-electron chi connectivity index (χ2n) is 5.15. The maximum atomic E-state index is 12.9. The van der Waals surface area contributed by atoms with E-state index in [0.717, 1.165) is 6.54 Å². The molecule has 1 fully saturated rings. The molecule has 4 heteroatoms. The highest BCUT2D eigenvalue weighted by atomic mass is 32.1. The number of rotatable bonds is 6. The third-order valence-corrected chi connectivity index (χ3v) is 4.38. The van der Waals surface area contributed by atoms with Crippen LogP contribution in [0.1, 0.15) is 28.1 Å². The molecule has 0 saturated heterocycles. The van der Waals surface area contributed by atoms with Gasteiger partial charge in [-0.05, 0) is 48.6 Å². The van der Waals surface area contributed by atoms with E-state index in [1.54, 1.807) is 23.5 Å². The Morgan fingerprint density at radius 2 is 2.00 bits per heavy atom. The predicted octanol–water partition coefficient (Wildman–Crippen LogP) is 3.73. The van der Waals surface area contributed by atoms with Crippen LogP contribution >= 0.6 is 11.3 Å². The van der Waals surface area contributed by atoms with E-state index in [1.807, 2.05) is 6.07 Å². The summed E-state index contributed by atoms with van der Waals surface area (Å²) in [4.78, 5) is 15.8. The molecule has 1 aliphatic rings. The van der Waals surface area contributed by atoms with E-state index in [2.05, 4.69) is 16.3 Å². The minimum absolute atomic E-state index is 0.0634. The minimum atomic E-state index is -0.306. The summed E-state index contributed by atoms with van der Waals surface area (Å²) in [5.74, 6) is -0.243. The van der Waals surface area contributed by atoms with Gasteiger partial charge in [0.05, 0.1) is 6.54 Å². The van der Waals surface area contributed by atoms with Gasteiger partial charge in [0, 0.05) is 23.0 Å². The predicted molar refractivity (Wildman–Crippen MR) is 78.5 cm³/mol. The maximum Gasteiger partial charge on any atom is 0.176 e. The molecule has 0 N–H and O–H groups in total. The Kier molecular flexibility index (Phi) is 3.94. The average molecular weight is 289 g/mol. The fraction of sp³-hybridized carbons (Fsp3) is 0.312. The lowest BCUT2D eigenvalue weighted by Gasteiger charge is -2.20. The van der Waals surface area contributed by atoms with E-state index >= 15 is 0 Å². The van der Waals surface area contributed by atoms with E-state index in [1.165, 1.54) is 29.9 Å². The quantitative estimate of drug-likeness (QED) is 0.755. The lowest BCUT2D eigenvalue weighted by molar-refractivity contribution is 0.0920. The van der Waals surface area contributed by atoms with Crippen molar-refractivity contribution in [3.05, 3.63) is 58.0 Å². The Hall–Kier alpha value is -1.52. The number of hydrogen-bond donors (Lipinski definition) is 0. The van der Waals surface area contributed by atoms with Crippen molar-refractivity contribution in [2.24, 2.45) is 0 Å². The fourth-order valence-corrected chi connectivity index (χ4v) is 3.00. The van der Waals surface area contributed by atoms with Gasteiger partial charge in [0.25, 0.3) is 0 Å². The summed E-state index contributed by atoms with van der Waals surface area (Å²) in [5.41, 5.74) is 0.586. The highest BCUT2D eigenvalue weighted by Gasteiger charge is 2.30. The molecule has 2 aromatic rings. The lowest BCUT2D eigenvalue weighted by Crippen LogP contribution is -2.31. The highest BCUT2D eigenvalue weighted by Crippen LogP contribution is 2.29. The number of carbonyl (C=O) groups excluding carboxylic acids is 1. The number of carbonyl (C=O) groups is 1. The van der Waals surface area contributed by atoms with Crippen LogP contribution in [0.5, 0.6) is 0 Å². The molecule has 2 nitrogen and oxygen atoms in total. The summed E-state index contributed by atoms with van der Waals surface area (Å²) in [7, 11) is 0. The zero-order chi connectivity index (χ0) is 13.9. The maximum absolute atomic E-state index is 12.9. The van der Waals surface area contributed by atoms with Crippen LogP contribution in [0, 0.1) is 5.82 Å². The topological polar surface area (TPSA) is 20.3 Å². The van der Waals surface area contributed by atoms with E-state index < -0.39 is 0 Å². The Bertz CT molecular complexity index is 575. The molecule has 0 bridgehead atoms. The molecule has 0 radical (unpaired) electrons. The number of hydrogen-bond acceptors (Lipinski definition) is 3. The average Bonchev–Trinajstić information content (AvgIpc) is 3.17. The molecule has 1 aromatic heterocycles. The molecule has 1 heterocycles. The Morgan fingerprint density at radius 3 is 2.60 bits per heavy atom. The van der Waals surface area contributed by atoms with Crippen LogP contribution in [0.2, 0.25) is 0 Å². The molecule has 0 spiro atoms. The van der Waals surface area contributed by atoms with Gasteiger partial charge in [-0.1, -0.05) is 6.07 Å². The first-order chi connectivity index (χ1) is 9.72. The van der Waals surface area contributed by atoms with Gasteiger partial charge in [0.1, 0.15) is 5.82 Å². The summed E-state index contributed by atoms with van der Waals surface area (Å²) in [6.07, 6.45) is 2.34. The summed E-state index contributed by atoms with van der Waals surface area (Å²) in [6, 6.07) is 10.5. The first-order valence-electron chi connectivity index (χ1n) is 6.77. The normalized spacial score (nSPS) is 14.7. The Balaban J connectivity index is 1.67. The lowest BCUT2D eigenvalue weighted by atomic mass is 10.1. The summed E-state index contributed by atoms with van der Waals surface area (Å²) >= 11 is 1.72. The number of thiophene rings is 1.